The van der Waals surface area contributed by atoms with Gasteiger partial charge < -0.3 is 9.84 Å². The maximum absolute atomic E-state index is 5.08. The maximum Gasteiger partial charge on any atom is 0.277 e. The van der Waals surface area contributed by atoms with Gasteiger partial charge >= 0.3 is 0 Å². The van der Waals surface area contributed by atoms with Gasteiger partial charge in [0.1, 0.15) is 5.69 Å². The Hall–Kier alpha value is -1.27. The van der Waals surface area contributed by atoms with Crippen molar-refractivity contribution in [1.82, 2.24) is 20.4 Å². The molecule has 0 bridgehead atoms. The van der Waals surface area contributed by atoms with Gasteiger partial charge in [-0.05, 0) is 0 Å². The number of nitrogens with zero attached hydrogens (tertiary/aromatic N) is 3. The molecule has 2 aromatic heterocycles. The van der Waals surface area contributed by atoms with E-state index in [-0.39, 0.29) is 0 Å². The minimum absolute atomic E-state index is 0.409. The Labute approximate surface area is 91.5 Å². The van der Waals surface area contributed by atoms with E-state index >= 15 is 0 Å². The third kappa shape index (κ3) is 2.60. The third-order valence-corrected chi connectivity index (χ3v) is 2.37. The third-order valence-electron chi connectivity index (χ3n) is 1.79. The summed E-state index contributed by atoms with van der Waals surface area (Å²) in [5, 5.41) is 8.96. The first kappa shape index (κ1) is 10.3. The molecule has 0 aliphatic rings. The van der Waals surface area contributed by atoms with E-state index in [2.05, 4.69) is 34.3 Å². The maximum atomic E-state index is 5.08. The van der Waals surface area contributed by atoms with Gasteiger partial charge in [0.05, 0.1) is 12.1 Å². The lowest BCUT2D eigenvalue weighted by Gasteiger charge is -2.02. The number of nitrogens with one attached hydrogen (secondary N) is 1. The molecule has 0 radical (unpaired) electrons. The highest BCUT2D eigenvalue weighted by Crippen LogP contribution is 2.16. The first-order chi connectivity index (χ1) is 7.25. The van der Waals surface area contributed by atoms with Gasteiger partial charge in [-0.2, -0.15) is 4.98 Å². The molecule has 2 rings (SSSR count). The summed E-state index contributed by atoms with van der Waals surface area (Å²) in [6, 6.07) is 0.409. The van der Waals surface area contributed by atoms with Crippen molar-refractivity contribution in [3.63, 3.8) is 0 Å². The topological polar surface area (TPSA) is 63.8 Å². The molecule has 0 saturated heterocycles. The van der Waals surface area contributed by atoms with Crippen LogP contribution >= 0.6 is 11.3 Å². The van der Waals surface area contributed by atoms with Crippen LogP contribution in [-0.4, -0.2) is 21.2 Å². The van der Waals surface area contributed by atoms with Gasteiger partial charge in [-0.25, -0.2) is 4.98 Å². The quantitative estimate of drug-likeness (QED) is 0.856. The predicted molar refractivity (Wildman–Crippen MR) is 57.4 cm³/mol. The summed E-state index contributed by atoms with van der Waals surface area (Å²) >= 11 is 1.51. The largest absolute Gasteiger partial charge is 0.332 e. The molecule has 15 heavy (non-hydrogen) atoms. The highest BCUT2D eigenvalue weighted by molar-refractivity contribution is 7.07. The number of thiazole rings is 1. The molecule has 0 amide bonds. The van der Waals surface area contributed by atoms with E-state index in [4.69, 9.17) is 4.52 Å². The molecule has 0 aliphatic carbocycles. The van der Waals surface area contributed by atoms with Crippen LogP contribution in [0.3, 0.4) is 0 Å². The second-order valence-corrected chi connectivity index (χ2v) is 4.14. The average Bonchev–Trinajstić information content (AvgIpc) is 2.85. The summed E-state index contributed by atoms with van der Waals surface area (Å²) in [4.78, 5) is 8.33. The van der Waals surface area contributed by atoms with E-state index < -0.39 is 0 Å². The van der Waals surface area contributed by atoms with Crippen LogP contribution in [-0.2, 0) is 6.54 Å². The minimum atomic E-state index is 0.409. The van der Waals surface area contributed by atoms with Crippen molar-refractivity contribution in [2.24, 2.45) is 0 Å². The van der Waals surface area contributed by atoms with Crippen molar-refractivity contribution < 1.29 is 4.52 Å². The number of aromatic nitrogens is 3. The van der Waals surface area contributed by atoms with Gasteiger partial charge in [-0.1, -0.05) is 19.0 Å². The van der Waals surface area contributed by atoms with E-state index in [0.29, 0.717) is 24.3 Å². The van der Waals surface area contributed by atoms with Gasteiger partial charge in [0.25, 0.3) is 5.89 Å². The predicted octanol–water partition coefficient (Wildman–Crippen LogP) is 1.69. The highest BCUT2D eigenvalue weighted by Gasteiger charge is 2.09. The Morgan fingerprint density at radius 1 is 1.53 bits per heavy atom. The van der Waals surface area contributed by atoms with Gasteiger partial charge in [-0.3, -0.25) is 0 Å². The van der Waals surface area contributed by atoms with E-state index in [9.17, 15) is 0 Å². The summed E-state index contributed by atoms with van der Waals surface area (Å²) in [6.07, 6.45) is 0. The highest BCUT2D eigenvalue weighted by atomic mass is 32.1. The number of hydrogen-bond donors (Lipinski definition) is 1. The SMILES string of the molecule is CC(C)NCc1noc(-c2cscn2)n1. The Morgan fingerprint density at radius 3 is 3.07 bits per heavy atom. The number of hydrogen-bond acceptors (Lipinski definition) is 6. The second-order valence-electron chi connectivity index (χ2n) is 3.43. The molecule has 0 unspecified atom stereocenters. The van der Waals surface area contributed by atoms with Crippen LogP contribution in [0, 0.1) is 0 Å². The fourth-order valence-corrected chi connectivity index (χ4v) is 1.57. The first-order valence-corrected chi connectivity index (χ1v) is 5.64. The molecule has 0 aromatic carbocycles. The normalized spacial score (nSPS) is 11.1. The molecule has 0 spiro atoms. The second kappa shape index (κ2) is 4.50. The van der Waals surface area contributed by atoms with Crippen LogP contribution in [0.2, 0.25) is 0 Å². The molecule has 0 saturated carbocycles. The van der Waals surface area contributed by atoms with Gasteiger partial charge in [0.2, 0.25) is 0 Å². The summed E-state index contributed by atoms with van der Waals surface area (Å²) in [5.74, 6) is 1.14. The summed E-state index contributed by atoms with van der Waals surface area (Å²) in [7, 11) is 0. The van der Waals surface area contributed by atoms with Gasteiger partial charge in [0.15, 0.2) is 5.82 Å². The molecule has 0 fully saturated rings. The van der Waals surface area contributed by atoms with E-state index in [1.165, 1.54) is 11.3 Å². The van der Waals surface area contributed by atoms with E-state index in [0.717, 1.165) is 5.69 Å². The molecule has 5 nitrogen and oxygen atoms in total. The first-order valence-electron chi connectivity index (χ1n) is 4.70. The van der Waals surface area contributed by atoms with Crippen LogP contribution in [0.5, 0.6) is 0 Å². The van der Waals surface area contributed by atoms with Crippen molar-refractivity contribution in [1.29, 1.82) is 0 Å². The monoisotopic (exact) mass is 224 g/mol. The Bertz CT molecular complexity index is 409. The molecule has 6 heteroatoms. The molecule has 2 heterocycles. The zero-order valence-electron chi connectivity index (χ0n) is 8.60. The molecule has 80 valence electrons. The van der Waals surface area contributed by atoms with Crippen molar-refractivity contribution in [3.8, 4) is 11.6 Å². The fourth-order valence-electron chi connectivity index (χ4n) is 1.04. The molecule has 0 aliphatic heterocycles. The van der Waals surface area contributed by atoms with Crippen LogP contribution in [0.25, 0.3) is 11.6 Å². The average molecular weight is 224 g/mol. The molecular weight excluding hydrogens is 212 g/mol. The van der Waals surface area contributed by atoms with Crippen molar-refractivity contribution >= 4 is 11.3 Å². The van der Waals surface area contributed by atoms with Gasteiger partial charge in [0, 0.05) is 11.4 Å². The molecule has 1 N–H and O–H groups in total. The van der Waals surface area contributed by atoms with Crippen molar-refractivity contribution in [2.75, 3.05) is 0 Å². The Balaban J connectivity index is 2.04. The summed E-state index contributed by atoms with van der Waals surface area (Å²) in [5.41, 5.74) is 2.48. The van der Waals surface area contributed by atoms with Crippen LogP contribution < -0.4 is 5.32 Å². The summed E-state index contributed by atoms with van der Waals surface area (Å²) < 4.78 is 5.08. The van der Waals surface area contributed by atoms with Crippen molar-refractivity contribution in [3.05, 3.63) is 16.7 Å². The smallest absolute Gasteiger partial charge is 0.277 e. The lowest BCUT2D eigenvalue weighted by molar-refractivity contribution is 0.416. The van der Waals surface area contributed by atoms with Crippen LogP contribution in [0.1, 0.15) is 19.7 Å². The summed E-state index contributed by atoms with van der Waals surface area (Å²) in [6.45, 7) is 4.76. The zero-order valence-corrected chi connectivity index (χ0v) is 9.41. The lowest BCUT2D eigenvalue weighted by atomic mass is 10.4. The molecule has 2 aromatic rings. The lowest BCUT2D eigenvalue weighted by Crippen LogP contribution is -2.22. The van der Waals surface area contributed by atoms with Crippen molar-refractivity contribution in [2.45, 2.75) is 26.4 Å². The van der Waals surface area contributed by atoms with E-state index in [1.54, 1.807) is 5.51 Å². The zero-order chi connectivity index (χ0) is 10.7. The van der Waals surface area contributed by atoms with Gasteiger partial charge in [-0.15, -0.1) is 11.3 Å². The molecule has 0 atom stereocenters. The van der Waals surface area contributed by atoms with Crippen LogP contribution in [0.15, 0.2) is 15.4 Å². The standard InChI is InChI=1S/C9H12N4OS/c1-6(2)10-3-8-12-9(14-13-8)7-4-15-5-11-7/h4-6,10H,3H2,1-2H3. The fraction of sp³-hybridized carbons (Fsp3) is 0.444. The number of rotatable bonds is 4. The van der Waals surface area contributed by atoms with Crippen LogP contribution in [0.4, 0.5) is 0 Å². The Morgan fingerprint density at radius 2 is 2.40 bits per heavy atom. The van der Waals surface area contributed by atoms with E-state index in [1.807, 2.05) is 5.38 Å². The Kier molecular flexibility index (Phi) is 3.08. The minimum Gasteiger partial charge on any atom is -0.332 e. The molecular formula is C9H12N4OS.